The Morgan fingerprint density at radius 1 is 1.43 bits per heavy atom. The lowest BCUT2D eigenvalue weighted by atomic mass is 9.74. The Morgan fingerprint density at radius 3 is 2.74 bits per heavy atom. The summed E-state index contributed by atoms with van der Waals surface area (Å²) in [5.74, 6) is 0.300. The van der Waals surface area contributed by atoms with Crippen LogP contribution in [0, 0.1) is 35.7 Å². The Balaban J connectivity index is 1.71. The van der Waals surface area contributed by atoms with E-state index >= 15 is 0 Å². The normalized spacial score (nSPS) is 39.5. The highest BCUT2D eigenvalue weighted by Gasteiger charge is 2.62. The smallest absolute Gasteiger partial charge is 0.311 e. The first kappa shape index (κ1) is 16.4. The molecule has 0 spiro atoms. The summed E-state index contributed by atoms with van der Waals surface area (Å²) in [7, 11) is 0. The molecule has 2 saturated carbocycles. The molecule has 0 aromatic heterocycles. The first-order chi connectivity index (χ1) is 10.9. The molecule has 6 atom stereocenters. The molecule has 5 heteroatoms. The fourth-order valence-electron chi connectivity index (χ4n) is 4.45. The number of hydrogen-bond acceptors (Lipinski definition) is 4. The molecule has 6 unspecified atom stereocenters. The minimum atomic E-state index is -0.482. The zero-order chi connectivity index (χ0) is 16.8. The number of fused-ring (bicyclic) bond motifs is 2. The largest absolute Gasteiger partial charge is 0.461 e. The second-order valence-corrected chi connectivity index (χ2v) is 7.86. The van der Waals surface area contributed by atoms with Gasteiger partial charge >= 0.3 is 5.97 Å². The average Bonchev–Trinajstić information content (AvgIpc) is 3.20. The van der Waals surface area contributed by atoms with Crippen molar-refractivity contribution in [2.24, 2.45) is 29.1 Å². The van der Waals surface area contributed by atoms with Gasteiger partial charge in [0.2, 0.25) is 6.04 Å². The molecule has 1 saturated heterocycles. The van der Waals surface area contributed by atoms with Crippen LogP contribution >= 0.6 is 0 Å². The Labute approximate surface area is 137 Å². The summed E-state index contributed by atoms with van der Waals surface area (Å²) >= 11 is 0. The van der Waals surface area contributed by atoms with Gasteiger partial charge in [-0.25, -0.2) is 6.57 Å². The average molecular weight is 319 g/mol. The maximum atomic E-state index is 12.3. The molecule has 1 aliphatic heterocycles. The molecule has 0 amide bonds. The molecule has 23 heavy (non-hydrogen) atoms. The number of hydrogen-bond donors (Lipinski definition) is 0. The van der Waals surface area contributed by atoms with Crippen molar-refractivity contribution in [1.29, 1.82) is 0 Å². The van der Waals surface area contributed by atoms with Crippen molar-refractivity contribution in [2.75, 3.05) is 13.2 Å². The monoisotopic (exact) mass is 319 g/mol. The van der Waals surface area contributed by atoms with Crippen LogP contribution in [-0.2, 0) is 19.1 Å². The number of ether oxygens (including phenoxy) is 2. The van der Waals surface area contributed by atoms with Crippen LogP contribution in [-0.4, -0.2) is 37.1 Å². The summed E-state index contributed by atoms with van der Waals surface area (Å²) in [5.41, 5.74) is -0.482. The fraction of sp³-hybridized carbons (Fsp3) is 0.833. The van der Waals surface area contributed by atoms with Crippen LogP contribution in [0.5, 0.6) is 0 Å². The second-order valence-electron chi connectivity index (χ2n) is 7.86. The standard InChI is InChI=1S/C18H25NO4/c1-5-18(2,3)17(21)23-14-7-10-6-11(14)16(19-4)15(10)12-8-22-9-13(12)20/h10-12,14-16H,5-9H2,1-3H3. The van der Waals surface area contributed by atoms with Gasteiger partial charge in [-0.3, -0.25) is 9.59 Å². The Hall–Kier alpha value is -1.41. The molecule has 5 nitrogen and oxygen atoms in total. The number of ketones is 1. The van der Waals surface area contributed by atoms with Crippen molar-refractivity contribution in [3.05, 3.63) is 11.4 Å². The van der Waals surface area contributed by atoms with E-state index in [-0.39, 0.29) is 48.3 Å². The minimum absolute atomic E-state index is 0.0764. The van der Waals surface area contributed by atoms with Gasteiger partial charge in [0, 0.05) is 5.92 Å². The molecular weight excluding hydrogens is 294 g/mol. The molecule has 3 rings (SSSR count). The zero-order valence-electron chi connectivity index (χ0n) is 14.1. The molecule has 126 valence electrons. The Kier molecular flexibility index (Phi) is 4.22. The molecule has 0 aromatic carbocycles. The molecule has 3 aliphatic rings. The van der Waals surface area contributed by atoms with Crippen molar-refractivity contribution in [3.8, 4) is 0 Å². The predicted octanol–water partition coefficient (Wildman–Crippen LogP) is 2.49. The van der Waals surface area contributed by atoms with Crippen LogP contribution < -0.4 is 0 Å². The van der Waals surface area contributed by atoms with E-state index in [1.807, 2.05) is 20.8 Å². The molecule has 1 heterocycles. The van der Waals surface area contributed by atoms with E-state index in [9.17, 15) is 9.59 Å². The van der Waals surface area contributed by atoms with Gasteiger partial charge in [0.25, 0.3) is 0 Å². The highest BCUT2D eigenvalue weighted by Crippen LogP contribution is 2.54. The van der Waals surface area contributed by atoms with Crippen molar-refractivity contribution in [1.82, 2.24) is 0 Å². The van der Waals surface area contributed by atoms with Gasteiger partial charge in [0.1, 0.15) is 12.7 Å². The third-order valence-corrected chi connectivity index (χ3v) is 6.23. The number of rotatable bonds is 4. The number of carbonyl (C=O) groups is 2. The Bertz CT molecular complexity index is 550. The summed E-state index contributed by atoms with van der Waals surface area (Å²) in [5, 5.41) is 0. The SMILES string of the molecule is [C-]#[N+]C1C2CC(CC2OC(=O)C(C)(C)CC)C1C1COCC1=O. The number of Topliss-reactive ketones (excluding diaryl/α,β-unsaturated/α-hetero) is 1. The molecule has 0 aromatic rings. The molecular formula is C18H25NO4. The first-order valence-corrected chi connectivity index (χ1v) is 8.57. The van der Waals surface area contributed by atoms with Crippen molar-refractivity contribution < 1.29 is 19.1 Å². The van der Waals surface area contributed by atoms with Gasteiger partial charge in [0.15, 0.2) is 5.78 Å². The number of esters is 1. The lowest BCUT2D eigenvalue weighted by Gasteiger charge is -2.32. The quantitative estimate of drug-likeness (QED) is 0.590. The lowest BCUT2D eigenvalue weighted by molar-refractivity contribution is -0.163. The lowest BCUT2D eigenvalue weighted by Crippen LogP contribution is -2.42. The summed E-state index contributed by atoms with van der Waals surface area (Å²) in [6.45, 7) is 14.0. The summed E-state index contributed by atoms with van der Waals surface area (Å²) < 4.78 is 11.1. The maximum Gasteiger partial charge on any atom is 0.311 e. The van der Waals surface area contributed by atoms with E-state index in [4.69, 9.17) is 16.0 Å². The van der Waals surface area contributed by atoms with Crippen LogP contribution in [0.3, 0.4) is 0 Å². The van der Waals surface area contributed by atoms with Gasteiger partial charge in [-0.05, 0) is 39.0 Å². The van der Waals surface area contributed by atoms with Crippen molar-refractivity contribution in [2.45, 2.75) is 52.2 Å². The van der Waals surface area contributed by atoms with Crippen LogP contribution in [0.4, 0.5) is 0 Å². The molecule has 2 aliphatic carbocycles. The van der Waals surface area contributed by atoms with E-state index in [0.29, 0.717) is 12.5 Å². The molecule has 2 bridgehead atoms. The van der Waals surface area contributed by atoms with Gasteiger partial charge in [0.05, 0.1) is 23.9 Å². The van der Waals surface area contributed by atoms with E-state index in [1.54, 1.807) is 0 Å². The highest BCUT2D eigenvalue weighted by molar-refractivity contribution is 5.84. The third-order valence-electron chi connectivity index (χ3n) is 6.23. The second kappa shape index (κ2) is 5.90. The predicted molar refractivity (Wildman–Crippen MR) is 83.4 cm³/mol. The van der Waals surface area contributed by atoms with E-state index in [2.05, 4.69) is 4.85 Å². The van der Waals surface area contributed by atoms with Crippen molar-refractivity contribution in [3.63, 3.8) is 0 Å². The van der Waals surface area contributed by atoms with Gasteiger partial charge in [-0.1, -0.05) is 6.92 Å². The number of carbonyl (C=O) groups excluding carboxylic acids is 2. The van der Waals surface area contributed by atoms with Crippen LogP contribution in [0.2, 0.25) is 0 Å². The highest BCUT2D eigenvalue weighted by atomic mass is 16.5. The number of nitrogens with zero attached hydrogens (tertiary/aromatic N) is 1. The van der Waals surface area contributed by atoms with Crippen LogP contribution in [0.1, 0.15) is 40.0 Å². The Morgan fingerprint density at radius 2 is 2.17 bits per heavy atom. The van der Waals surface area contributed by atoms with Crippen molar-refractivity contribution >= 4 is 11.8 Å². The molecule has 3 fully saturated rings. The van der Waals surface area contributed by atoms with E-state index in [0.717, 1.165) is 19.3 Å². The molecule has 0 N–H and O–H groups in total. The van der Waals surface area contributed by atoms with E-state index < -0.39 is 5.41 Å². The topological polar surface area (TPSA) is 57.0 Å². The van der Waals surface area contributed by atoms with E-state index in [1.165, 1.54) is 0 Å². The first-order valence-electron chi connectivity index (χ1n) is 8.57. The van der Waals surface area contributed by atoms with Gasteiger partial charge < -0.3 is 14.3 Å². The third kappa shape index (κ3) is 2.67. The van der Waals surface area contributed by atoms with Crippen LogP contribution in [0.25, 0.3) is 4.85 Å². The fourth-order valence-corrected chi connectivity index (χ4v) is 4.45. The molecule has 0 radical (unpaired) electrons. The van der Waals surface area contributed by atoms with Crippen LogP contribution in [0.15, 0.2) is 0 Å². The zero-order valence-corrected chi connectivity index (χ0v) is 14.1. The van der Waals surface area contributed by atoms with Gasteiger partial charge in [-0.2, -0.15) is 0 Å². The maximum absolute atomic E-state index is 12.3. The summed E-state index contributed by atoms with van der Waals surface area (Å²) in [6, 6.07) is -0.216. The minimum Gasteiger partial charge on any atom is -0.461 e. The summed E-state index contributed by atoms with van der Waals surface area (Å²) in [4.78, 5) is 28.2. The summed E-state index contributed by atoms with van der Waals surface area (Å²) in [6.07, 6.45) is 2.25. The van der Waals surface area contributed by atoms with Gasteiger partial charge in [-0.15, -0.1) is 0 Å².